The van der Waals surface area contributed by atoms with E-state index in [1.807, 2.05) is 26.0 Å². The van der Waals surface area contributed by atoms with Gasteiger partial charge in [-0.3, -0.25) is 9.67 Å². The van der Waals surface area contributed by atoms with Crippen LogP contribution in [0.3, 0.4) is 0 Å². The van der Waals surface area contributed by atoms with Crippen LogP contribution in [0.25, 0.3) is 11.1 Å². The molecule has 158 valence electrons. The second kappa shape index (κ2) is 7.92. The first-order valence-corrected chi connectivity index (χ1v) is 11.5. The van der Waals surface area contributed by atoms with Crippen molar-refractivity contribution in [1.82, 2.24) is 19.1 Å². The lowest BCUT2D eigenvalue weighted by Gasteiger charge is -2.24. The molecule has 0 N–H and O–H groups in total. The van der Waals surface area contributed by atoms with E-state index in [4.69, 9.17) is 0 Å². The number of pyridine rings is 1. The quantitative estimate of drug-likeness (QED) is 0.609. The van der Waals surface area contributed by atoms with Crippen LogP contribution in [-0.4, -0.2) is 34.0 Å². The second-order valence-corrected chi connectivity index (χ2v) is 9.50. The van der Waals surface area contributed by atoms with Crippen LogP contribution >= 0.6 is 0 Å². The first-order valence-electron chi connectivity index (χ1n) is 10.1. The highest BCUT2D eigenvalue weighted by molar-refractivity contribution is 7.89. The molecule has 4 rings (SSSR count). The van der Waals surface area contributed by atoms with Gasteiger partial charge < -0.3 is 0 Å². The highest BCUT2D eigenvalue weighted by Crippen LogP contribution is 2.37. The third-order valence-electron chi connectivity index (χ3n) is 5.51. The van der Waals surface area contributed by atoms with Gasteiger partial charge in [0.1, 0.15) is 10.7 Å². The zero-order valence-corrected chi connectivity index (χ0v) is 18.2. The Balaban J connectivity index is 1.73. The Morgan fingerprint density at radius 3 is 2.53 bits per heavy atom. The highest BCUT2D eigenvalue weighted by atomic mass is 32.2. The van der Waals surface area contributed by atoms with Gasteiger partial charge in [-0.15, -0.1) is 0 Å². The van der Waals surface area contributed by atoms with Gasteiger partial charge in [0.2, 0.25) is 10.0 Å². The molecule has 0 spiro atoms. The summed E-state index contributed by atoms with van der Waals surface area (Å²) in [6.07, 6.45) is 3.08. The van der Waals surface area contributed by atoms with Crippen molar-refractivity contribution in [3.63, 3.8) is 0 Å². The smallest absolute Gasteiger partial charge is 0.247 e. The number of hydrogen-bond donors (Lipinski definition) is 0. The van der Waals surface area contributed by atoms with E-state index in [9.17, 15) is 12.8 Å². The zero-order chi connectivity index (χ0) is 21.5. The molecular formula is C22H25FN4O2S. The monoisotopic (exact) mass is 428 g/mol. The van der Waals surface area contributed by atoms with E-state index in [1.54, 1.807) is 34.2 Å². The fourth-order valence-corrected chi connectivity index (χ4v) is 5.88. The molecule has 1 fully saturated rings. The van der Waals surface area contributed by atoms with Crippen LogP contribution in [0.5, 0.6) is 0 Å². The van der Waals surface area contributed by atoms with E-state index in [0.717, 1.165) is 28.9 Å². The Bertz CT molecular complexity index is 1170. The van der Waals surface area contributed by atoms with Crippen molar-refractivity contribution in [1.29, 1.82) is 0 Å². The molecule has 1 atom stereocenters. The van der Waals surface area contributed by atoms with E-state index >= 15 is 0 Å². The minimum absolute atomic E-state index is 0.252. The maximum absolute atomic E-state index is 13.4. The van der Waals surface area contributed by atoms with Gasteiger partial charge in [0, 0.05) is 25.0 Å². The van der Waals surface area contributed by atoms with Crippen molar-refractivity contribution in [3.8, 4) is 11.1 Å². The van der Waals surface area contributed by atoms with Gasteiger partial charge in [-0.2, -0.15) is 9.40 Å². The van der Waals surface area contributed by atoms with Crippen molar-refractivity contribution in [2.75, 3.05) is 6.54 Å². The van der Waals surface area contributed by atoms with Gasteiger partial charge >= 0.3 is 0 Å². The Hall–Kier alpha value is -2.58. The van der Waals surface area contributed by atoms with Crippen molar-refractivity contribution in [2.45, 2.75) is 51.1 Å². The molecular weight excluding hydrogens is 403 g/mol. The summed E-state index contributed by atoms with van der Waals surface area (Å²) in [6, 6.07) is 9.80. The van der Waals surface area contributed by atoms with Crippen molar-refractivity contribution in [2.24, 2.45) is 0 Å². The molecule has 2 aromatic heterocycles. The van der Waals surface area contributed by atoms with E-state index in [2.05, 4.69) is 10.1 Å². The van der Waals surface area contributed by atoms with Gasteiger partial charge in [0.25, 0.3) is 0 Å². The molecule has 6 nitrogen and oxygen atoms in total. The molecule has 0 unspecified atom stereocenters. The molecule has 1 aromatic carbocycles. The predicted molar refractivity (Wildman–Crippen MR) is 113 cm³/mol. The van der Waals surface area contributed by atoms with Crippen LogP contribution in [0, 0.1) is 19.7 Å². The van der Waals surface area contributed by atoms with E-state index in [0.29, 0.717) is 25.2 Å². The average Bonchev–Trinajstić information content (AvgIpc) is 3.35. The molecule has 0 amide bonds. The number of halogens is 1. The van der Waals surface area contributed by atoms with E-state index in [1.165, 1.54) is 12.1 Å². The topological polar surface area (TPSA) is 68.1 Å². The third-order valence-corrected chi connectivity index (χ3v) is 7.52. The second-order valence-electron chi connectivity index (χ2n) is 7.64. The average molecular weight is 429 g/mol. The van der Waals surface area contributed by atoms with Crippen LogP contribution in [0.1, 0.15) is 42.9 Å². The fraction of sp³-hybridized carbons (Fsp3) is 0.364. The van der Waals surface area contributed by atoms with E-state index < -0.39 is 10.0 Å². The maximum atomic E-state index is 13.4. The van der Waals surface area contributed by atoms with Crippen LogP contribution in [-0.2, 0) is 16.6 Å². The Kier molecular flexibility index (Phi) is 5.46. The molecule has 8 heteroatoms. The van der Waals surface area contributed by atoms with E-state index in [-0.39, 0.29) is 16.8 Å². The predicted octanol–water partition coefficient (Wildman–Crippen LogP) is 4.25. The fourth-order valence-electron chi connectivity index (χ4n) is 4.04. The number of aryl methyl sites for hydroxylation is 3. The minimum Gasteiger partial charge on any atom is -0.271 e. The Morgan fingerprint density at radius 2 is 1.87 bits per heavy atom. The van der Waals surface area contributed by atoms with Gasteiger partial charge in [-0.05, 0) is 69.0 Å². The zero-order valence-electron chi connectivity index (χ0n) is 17.3. The van der Waals surface area contributed by atoms with Crippen LogP contribution < -0.4 is 0 Å². The van der Waals surface area contributed by atoms with Gasteiger partial charge in [-0.1, -0.05) is 12.1 Å². The first kappa shape index (κ1) is 20.7. The van der Waals surface area contributed by atoms with Crippen LogP contribution in [0.15, 0.2) is 47.5 Å². The summed E-state index contributed by atoms with van der Waals surface area (Å²) in [4.78, 5) is 4.91. The van der Waals surface area contributed by atoms with Crippen LogP contribution in [0.2, 0.25) is 0 Å². The number of sulfonamides is 1. The molecule has 0 saturated carbocycles. The molecule has 30 heavy (non-hydrogen) atoms. The SMILES string of the molecule is CCn1cc(S(=O)(=O)N2CCC[C@@H]2c2cc(-c3ccc(F)cc3)cc(C)n2)c(C)n1. The summed E-state index contributed by atoms with van der Waals surface area (Å²) in [5, 5.41) is 4.30. The molecule has 1 saturated heterocycles. The maximum Gasteiger partial charge on any atom is 0.247 e. The standard InChI is InChI=1S/C22H25FN4O2S/c1-4-26-14-22(16(3)25-26)30(28,29)27-11-5-6-21(27)20-13-18(12-15(2)24-20)17-7-9-19(23)10-8-17/h7-10,12-14,21H,4-6,11H2,1-3H3/t21-/m1/s1. The van der Waals surface area contributed by atoms with Crippen molar-refractivity contribution < 1.29 is 12.8 Å². The molecule has 0 bridgehead atoms. The molecule has 0 radical (unpaired) electrons. The number of nitrogens with zero attached hydrogens (tertiary/aromatic N) is 4. The lowest BCUT2D eigenvalue weighted by molar-refractivity contribution is 0.390. The van der Waals surface area contributed by atoms with Crippen LogP contribution in [0.4, 0.5) is 4.39 Å². The largest absolute Gasteiger partial charge is 0.271 e. The number of benzene rings is 1. The molecule has 3 heterocycles. The summed E-state index contributed by atoms with van der Waals surface area (Å²) in [6.45, 7) is 6.60. The number of rotatable bonds is 5. The molecule has 3 aromatic rings. The number of aromatic nitrogens is 3. The normalized spacial score (nSPS) is 17.5. The Morgan fingerprint density at radius 1 is 1.13 bits per heavy atom. The van der Waals surface area contributed by atoms with Gasteiger partial charge in [-0.25, -0.2) is 12.8 Å². The van der Waals surface area contributed by atoms with Gasteiger partial charge in [0.15, 0.2) is 0 Å². The lowest BCUT2D eigenvalue weighted by Crippen LogP contribution is -2.31. The van der Waals surface area contributed by atoms with Crippen molar-refractivity contribution >= 4 is 10.0 Å². The summed E-state index contributed by atoms with van der Waals surface area (Å²) >= 11 is 0. The summed E-state index contributed by atoms with van der Waals surface area (Å²) in [5.41, 5.74) is 3.79. The summed E-state index contributed by atoms with van der Waals surface area (Å²) < 4.78 is 43.4. The number of hydrogen-bond acceptors (Lipinski definition) is 4. The summed E-state index contributed by atoms with van der Waals surface area (Å²) in [5.74, 6) is -0.291. The van der Waals surface area contributed by atoms with Gasteiger partial charge in [0.05, 0.1) is 17.4 Å². The Labute approximate surface area is 176 Å². The lowest BCUT2D eigenvalue weighted by atomic mass is 10.0. The molecule has 1 aliphatic heterocycles. The highest BCUT2D eigenvalue weighted by Gasteiger charge is 2.38. The summed E-state index contributed by atoms with van der Waals surface area (Å²) in [7, 11) is -3.69. The molecule has 0 aliphatic carbocycles. The third kappa shape index (κ3) is 3.77. The first-order chi connectivity index (χ1) is 14.3. The minimum atomic E-state index is -3.69. The molecule has 1 aliphatic rings. The van der Waals surface area contributed by atoms with Crippen molar-refractivity contribution in [3.05, 3.63) is 65.5 Å².